The molecule has 0 amide bonds. The lowest BCUT2D eigenvalue weighted by atomic mass is 9.69. The average molecular weight is 408 g/mol. The van der Waals surface area contributed by atoms with Crippen molar-refractivity contribution in [3.8, 4) is 11.5 Å². The Balaban J connectivity index is 1.61. The zero-order valence-electron chi connectivity index (χ0n) is 17.8. The van der Waals surface area contributed by atoms with Crippen LogP contribution in [-0.4, -0.2) is 67.4 Å². The summed E-state index contributed by atoms with van der Waals surface area (Å²) in [6, 6.07) is 14.3. The van der Waals surface area contributed by atoms with Gasteiger partial charge in [0.2, 0.25) is 0 Å². The predicted octanol–water partition coefficient (Wildman–Crippen LogP) is 2.92. The first-order chi connectivity index (χ1) is 14.6. The van der Waals surface area contributed by atoms with E-state index in [1.807, 2.05) is 24.3 Å². The van der Waals surface area contributed by atoms with E-state index in [0.717, 1.165) is 54.5 Å². The molecule has 1 spiro atoms. The lowest BCUT2D eigenvalue weighted by molar-refractivity contribution is 0.00394. The standard InChI is InChI=1S/C24H29N3O3/c1-26-13-24(14-26)15-27(11-16-6-4-5-7-21(16)30-3)20(12-28)23-22(24)18-9-8-17(29-2)10-19(18)25-23/h4-10,20,25,28H,11-15H2,1-3H3/t20-/m0/s1. The van der Waals surface area contributed by atoms with Gasteiger partial charge in [0.05, 0.1) is 26.9 Å². The summed E-state index contributed by atoms with van der Waals surface area (Å²) in [6.07, 6.45) is 0. The fourth-order valence-electron chi connectivity index (χ4n) is 5.58. The molecule has 3 aromatic rings. The van der Waals surface area contributed by atoms with Crippen LogP contribution in [0.5, 0.6) is 11.5 Å². The van der Waals surface area contributed by atoms with Crippen LogP contribution in [0, 0.1) is 0 Å². The molecule has 0 radical (unpaired) electrons. The van der Waals surface area contributed by atoms with Gasteiger partial charge < -0.3 is 24.5 Å². The van der Waals surface area contributed by atoms with Gasteiger partial charge in [0.25, 0.3) is 0 Å². The molecule has 2 aliphatic rings. The molecule has 1 saturated heterocycles. The van der Waals surface area contributed by atoms with Gasteiger partial charge >= 0.3 is 0 Å². The van der Waals surface area contributed by atoms with E-state index >= 15 is 0 Å². The normalized spacial score (nSPS) is 20.9. The van der Waals surface area contributed by atoms with Gasteiger partial charge in [-0.2, -0.15) is 0 Å². The number of rotatable bonds is 5. The van der Waals surface area contributed by atoms with Crippen molar-refractivity contribution in [3.05, 3.63) is 59.3 Å². The molecule has 2 aliphatic heterocycles. The monoisotopic (exact) mass is 407 g/mol. The molecule has 2 N–H and O–H groups in total. The topological polar surface area (TPSA) is 61.0 Å². The van der Waals surface area contributed by atoms with Crippen LogP contribution in [0.4, 0.5) is 0 Å². The summed E-state index contributed by atoms with van der Waals surface area (Å²) in [6.45, 7) is 3.74. The highest BCUT2D eigenvalue weighted by molar-refractivity contribution is 5.88. The zero-order chi connectivity index (χ0) is 20.9. The van der Waals surface area contributed by atoms with E-state index in [1.165, 1.54) is 10.9 Å². The van der Waals surface area contributed by atoms with Gasteiger partial charge in [0, 0.05) is 59.8 Å². The first kappa shape index (κ1) is 19.4. The number of methoxy groups -OCH3 is 2. The number of fused-ring (bicyclic) bond motifs is 4. The van der Waals surface area contributed by atoms with Crippen molar-refractivity contribution in [1.29, 1.82) is 0 Å². The third-order valence-corrected chi connectivity index (χ3v) is 6.73. The molecule has 3 heterocycles. The van der Waals surface area contributed by atoms with Crippen molar-refractivity contribution < 1.29 is 14.6 Å². The number of hydrogen-bond donors (Lipinski definition) is 2. The molecule has 1 atom stereocenters. The summed E-state index contributed by atoms with van der Waals surface area (Å²) in [7, 11) is 5.58. The van der Waals surface area contributed by atoms with Gasteiger partial charge in [-0.05, 0) is 30.8 Å². The SMILES string of the molecule is COc1ccc2c3c([nH]c2c1)[C@H](CO)N(Cc1ccccc1OC)CC31CN(C)C1. The predicted molar refractivity (Wildman–Crippen MR) is 117 cm³/mol. The highest BCUT2D eigenvalue weighted by atomic mass is 16.5. The molecule has 0 aliphatic carbocycles. The number of nitrogens with zero attached hydrogens (tertiary/aromatic N) is 2. The lowest BCUT2D eigenvalue weighted by Gasteiger charge is -2.55. The number of aromatic nitrogens is 1. The quantitative estimate of drug-likeness (QED) is 0.681. The molecule has 30 heavy (non-hydrogen) atoms. The third kappa shape index (κ3) is 2.90. The molecule has 6 nitrogen and oxygen atoms in total. The first-order valence-corrected chi connectivity index (χ1v) is 10.4. The smallest absolute Gasteiger partial charge is 0.123 e. The first-order valence-electron chi connectivity index (χ1n) is 10.4. The minimum atomic E-state index is -0.0835. The summed E-state index contributed by atoms with van der Waals surface area (Å²) in [5, 5.41) is 11.7. The van der Waals surface area contributed by atoms with Crippen LogP contribution in [0.25, 0.3) is 10.9 Å². The third-order valence-electron chi connectivity index (χ3n) is 6.73. The highest BCUT2D eigenvalue weighted by Gasteiger charge is 2.51. The van der Waals surface area contributed by atoms with Crippen molar-refractivity contribution in [1.82, 2.24) is 14.8 Å². The van der Waals surface area contributed by atoms with Crippen LogP contribution in [0.2, 0.25) is 0 Å². The second-order valence-corrected chi connectivity index (χ2v) is 8.69. The molecular weight excluding hydrogens is 378 g/mol. The number of ether oxygens (including phenoxy) is 2. The lowest BCUT2D eigenvalue weighted by Crippen LogP contribution is -2.65. The highest BCUT2D eigenvalue weighted by Crippen LogP contribution is 2.48. The number of benzene rings is 2. The second kappa shape index (κ2) is 7.30. The van der Waals surface area contributed by atoms with Crippen molar-refractivity contribution in [2.24, 2.45) is 0 Å². The van der Waals surface area contributed by atoms with Gasteiger partial charge in [0.15, 0.2) is 0 Å². The number of aromatic amines is 1. The number of para-hydroxylation sites is 1. The van der Waals surface area contributed by atoms with E-state index in [9.17, 15) is 5.11 Å². The Morgan fingerprint density at radius 3 is 2.60 bits per heavy atom. The van der Waals surface area contributed by atoms with Gasteiger partial charge in [-0.15, -0.1) is 0 Å². The maximum Gasteiger partial charge on any atom is 0.123 e. The maximum atomic E-state index is 10.4. The van der Waals surface area contributed by atoms with Gasteiger partial charge in [-0.25, -0.2) is 0 Å². The Morgan fingerprint density at radius 2 is 1.90 bits per heavy atom. The van der Waals surface area contributed by atoms with E-state index in [4.69, 9.17) is 9.47 Å². The van der Waals surface area contributed by atoms with E-state index in [1.54, 1.807) is 14.2 Å². The Labute approximate surface area is 177 Å². The molecule has 0 bridgehead atoms. The molecule has 158 valence electrons. The fourth-order valence-corrected chi connectivity index (χ4v) is 5.58. The van der Waals surface area contributed by atoms with Crippen molar-refractivity contribution >= 4 is 10.9 Å². The van der Waals surface area contributed by atoms with Gasteiger partial charge in [-0.3, -0.25) is 4.90 Å². The van der Waals surface area contributed by atoms with Crippen molar-refractivity contribution in [2.45, 2.75) is 18.0 Å². The van der Waals surface area contributed by atoms with E-state index in [2.05, 4.69) is 40.0 Å². The van der Waals surface area contributed by atoms with Crippen LogP contribution >= 0.6 is 0 Å². The Kier molecular flexibility index (Phi) is 4.73. The number of aliphatic hydroxyl groups is 1. The molecule has 1 fully saturated rings. The van der Waals surface area contributed by atoms with E-state index in [0.29, 0.717) is 0 Å². The second-order valence-electron chi connectivity index (χ2n) is 8.69. The fraction of sp³-hybridized carbons (Fsp3) is 0.417. The zero-order valence-corrected chi connectivity index (χ0v) is 17.8. The van der Waals surface area contributed by atoms with Gasteiger partial charge in [0.1, 0.15) is 11.5 Å². The summed E-state index contributed by atoms with van der Waals surface area (Å²) >= 11 is 0. The van der Waals surface area contributed by atoms with E-state index < -0.39 is 0 Å². The molecule has 5 rings (SSSR count). The maximum absolute atomic E-state index is 10.4. The minimum absolute atomic E-state index is 0.0601. The summed E-state index contributed by atoms with van der Waals surface area (Å²) in [4.78, 5) is 8.41. The Morgan fingerprint density at radius 1 is 1.10 bits per heavy atom. The van der Waals surface area contributed by atoms with Crippen LogP contribution in [-0.2, 0) is 12.0 Å². The largest absolute Gasteiger partial charge is 0.497 e. The summed E-state index contributed by atoms with van der Waals surface area (Å²) < 4.78 is 11.0. The van der Waals surface area contributed by atoms with Crippen LogP contribution in [0.15, 0.2) is 42.5 Å². The van der Waals surface area contributed by atoms with Crippen molar-refractivity contribution in [3.63, 3.8) is 0 Å². The average Bonchev–Trinajstić information content (AvgIpc) is 3.12. The molecular formula is C24H29N3O3. The summed E-state index contributed by atoms with van der Waals surface area (Å²) in [5.41, 5.74) is 4.78. The molecule has 6 heteroatoms. The molecule has 0 saturated carbocycles. The Bertz CT molecular complexity index is 1070. The van der Waals surface area contributed by atoms with Crippen LogP contribution < -0.4 is 9.47 Å². The number of H-pyrrole nitrogens is 1. The van der Waals surface area contributed by atoms with Crippen molar-refractivity contribution in [2.75, 3.05) is 47.5 Å². The number of hydrogen-bond acceptors (Lipinski definition) is 5. The Hall–Kier alpha value is -2.54. The number of nitrogens with one attached hydrogen (secondary N) is 1. The van der Waals surface area contributed by atoms with E-state index in [-0.39, 0.29) is 18.1 Å². The number of likely N-dealkylation sites (N-methyl/N-ethyl adjacent to an activating group) is 1. The number of likely N-dealkylation sites (tertiary alicyclic amines) is 1. The molecule has 2 aromatic carbocycles. The number of aliphatic hydroxyl groups excluding tert-OH is 1. The molecule has 1 aromatic heterocycles. The van der Waals surface area contributed by atoms with Crippen LogP contribution in [0.3, 0.4) is 0 Å². The minimum Gasteiger partial charge on any atom is -0.497 e. The van der Waals surface area contributed by atoms with Crippen LogP contribution in [0.1, 0.15) is 22.9 Å². The summed E-state index contributed by atoms with van der Waals surface area (Å²) in [5.74, 6) is 1.73. The molecule has 0 unspecified atom stereocenters. The van der Waals surface area contributed by atoms with Gasteiger partial charge in [-0.1, -0.05) is 18.2 Å².